The zero-order valence-electron chi connectivity index (χ0n) is 5.33. The van der Waals surface area contributed by atoms with Crippen molar-refractivity contribution < 1.29 is 13.2 Å². The van der Waals surface area contributed by atoms with Gasteiger partial charge in [0.15, 0.2) is 9.84 Å². The number of amides is 1. The van der Waals surface area contributed by atoms with Crippen molar-refractivity contribution >= 4 is 16.2 Å². The first-order chi connectivity index (χ1) is 4.64. The smallest absolute Gasteiger partial charge is 0.309 e. The van der Waals surface area contributed by atoms with E-state index in [4.69, 9.17) is 0 Å². The molecule has 0 aromatic carbocycles. The summed E-state index contributed by atoms with van der Waals surface area (Å²) in [5.74, 6) is 0.259. The van der Waals surface area contributed by atoms with Crippen LogP contribution in [0.4, 0.5) is 0 Å². The van der Waals surface area contributed by atoms with E-state index in [0.29, 0.717) is 6.42 Å². The average Bonchev–Trinajstić information content (AvgIpc) is 2.12. The summed E-state index contributed by atoms with van der Waals surface area (Å²) in [5, 5.41) is 2.32. The van der Waals surface area contributed by atoms with Gasteiger partial charge in [0.2, 0.25) is 0 Å². The molecule has 1 aliphatic heterocycles. The van der Waals surface area contributed by atoms with Gasteiger partial charge in [0.05, 0.1) is 11.5 Å². The Labute approximate surface area is 59.5 Å². The van der Waals surface area contributed by atoms with Crippen LogP contribution in [0.25, 0.3) is 0 Å². The van der Waals surface area contributed by atoms with E-state index in [1.807, 2.05) is 0 Å². The monoisotopic (exact) mass is 162 g/mol. The van der Waals surface area contributed by atoms with Crippen molar-refractivity contribution in [2.24, 2.45) is 0 Å². The van der Waals surface area contributed by atoms with E-state index in [2.05, 4.69) is 5.32 Å². The minimum atomic E-state index is -2.86. The molecule has 1 radical (unpaired) electrons. The molecule has 10 heavy (non-hydrogen) atoms. The van der Waals surface area contributed by atoms with Gasteiger partial charge in [-0.1, -0.05) is 0 Å². The van der Waals surface area contributed by atoms with Crippen molar-refractivity contribution in [3.8, 4) is 0 Å². The fraction of sp³-hybridized carbons (Fsp3) is 0.800. The second kappa shape index (κ2) is 2.57. The molecule has 1 fully saturated rings. The number of carbonyl (C=O) groups excluding carboxylic acids is 1. The zero-order valence-corrected chi connectivity index (χ0v) is 6.15. The molecule has 0 aromatic rings. The third-order valence-electron chi connectivity index (χ3n) is 1.50. The van der Waals surface area contributed by atoms with Gasteiger partial charge in [0, 0.05) is 6.04 Å². The molecular formula is C5H8NO3S. The highest BCUT2D eigenvalue weighted by Crippen LogP contribution is 2.09. The van der Waals surface area contributed by atoms with Gasteiger partial charge in [0.25, 0.3) is 0 Å². The van der Waals surface area contributed by atoms with E-state index in [1.165, 1.54) is 6.41 Å². The van der Waals surface area contributed by atoms with E-state index in [9.17, 15) is 13.2 Å². The SMILES string of the molecule is O=[C]NC1CCS(=O)(=O)C1. The number of rotatable bonds is 2. The molecule has 57 valence electrons. The third kappa shape index (κ3) is 1.70. The predicted molar refractivity (Wildman–Crippen MR) is 35.9 cm³/mol. The molecule has 1 aliphatic rings. The maximum Gasteiger partial charge on any atom is 0.309 e. The molecule has 4 nitrogen and oxygen atoms in total. The number of sulfone groups is 1. The first-order valence-electron chi connectivity index (χ1n) is 2.97. The van der Waals surface area contributed by atoms with Crippen LogP contribution < -0.4 is 5.32 Å². The fourth-order valence-corrected chi connectivity index (χ4v) is 2.67. The summed E-state index contributed by atoms with van der Waals surface area (Å²) in [6.45, 7) is 0. The minimum Gasteiger partial charge on any atom is -0.344 e. The summed E-state index contributed by atoms with van der Waals surface area (Å²) in [6.07, 6.45) is 2.01. The molecule has 1 saturated heterocycles. The van der Waals surface area contributed by atoms with Gasteiger partial charge in [-0.05, 0) is 6.42 Å². The second-order valence-corrected chi connectivity index (χ2v) is 4.58. The molecule has 5 heteroatoms. The van der Waals surface area contributed by atoms with Crippen LogP contribution in [-0.4, -0.2) is 32.4 Å². The van der Waals surface area contributed by atoms with Gasteiger partial charge in [-0.3, -0.25) is 4.79 Å². The van der Waals surface area contributed by atoms with E-state index < -0.39 is 9.84 Å². The highest BCUT2D eigenvalue weighted by Gasteiger charge is 2.27. The molecule has 1 unspecified atom stereocenters. The van der Waals surface area contributed by atoms with Crippen LogP contribution in [0.2, 0.25) is 0 Å². The van der Waals surface area contributed by atoms with E-state index >= 15 is 0 Å². The number of hydrogen-bond donors (Lipinski definition) is 1. The largest absolute Gasteiger partial charge is 0.344 e. The van der Waals surface area contributed by atoms with Crippen molar-refractivity contribution in [3.05, 3.63) is 0 Å². The molecule has 1 N–H and O–H groups in total. The fourth-order valence-electron chi connectivity index (χ4n) is 0.992. The van der Waals surface area contributed by atoms with Crippen LogP contribution >= 0.6 is 0 Å². The van der Waals surface area contributed by atoms with Gasteiger partial charge in [-0.25, -0.2) is 8.42 Å². The zero-order chi connectivity index (χ0) is 7.61. The Morgan fingerprint density at radius 3 is 2.60 bits per heavy atom. The number of nitrogens with one attached hydrogen (secondary N) is 1. The van der Waals surface area contributed by atoms with E-state index in [-0.39, 0.29) is 17.5 Å². The first-order valence-corrected chi connectivity index (χ1v) is 4.79. The average molecular weight is 162 g/mol. The molecule has 0 saturated carbocycles. The second-order valence-electron chi connectivity index (χ2n) is 2.35. The lowest BCUT2D eigenvalue weighted by Gasteiger charge is -2.01. The highest BCUT2D eigenvalue weighted by molar-refractivity contribution is 7.91. The van der Waals surface area contributed by atoms with Gasteiger partial charge in [-0.15, -0.1) is 0 Å². The van der Waals surface area contributed by atoms with Crippen molar-refractivity contribution in [2.75, 3.05) is 11.5 Å². The summed E-state index contributed by atoms with van der Waals surface area (Å²) in [4.78, 5) is 9.74. The Bertz CT molecular complexity index is 221. The molecular weight excluding hydrogens is 154 g/mol. The molecule has 0 aromatic heterocycles. The highest BCUT2D eigenvalue weighted by atomic mass is 32.2. The quantitative estimate of drug-likeness (QED) is 0.520. The molecule has 1 rings (SSSR count). The molecule has 1 heterocycles. The Morgan fingerprint density at radius 2 is 2.20 bits per heavy atom. The Morgan fingerprint density at radius 1 is 1.50 bits per heavy atom. The van der Waals surface area contributed by atoms with Crippen LogP contribution in [0.15, 0.2) is 0 Å². The van der Waals surface area contributed by atoms with Crippen molar-refractivity contribution in [2.45, 2.75) is 12.5 Å². The van der Waals surface area contributed by atoms with Crippen molar-refractivity contribution in [3.63, 3.8) is 0 Å². The van der Waals surface area contributed by atoms with Crippen molar-refractivity contribution in [1.29, 1.82) is 0 Å². The Hall–Kier alpha value is -0.580. The normalized spacial score (nSPS) is 29.8. The molecule has 0 aliphatic carbocycles. The summed E-state index contributed by atoms with van der Waals surface area (Å²) in [7, 11) is -2.86. The summed E-state index contributed by atoms with van der Waals surface area (Å²) >= 11 is 0. The van der Waals surface area contributed by atoms with E-state index in [1.54, 1.807) is 0 Å². The Balaban J connectivity index is 2.51. The van der Waals surface area contributed by atoms with E-state index in [0.717, 1.165) is 0 Å². The molecule has 0 spiro atoms. The topological polar surface area (TPSA) is 63.2 Å². The van der Waals surface area contributed by atoms with Gasteiger partial charge >= 0.3 is 6.41 Å². The summed E-state index contributed by atoms with van der Waals surface area (Å²) in [6, 6.07) is -0.206. The van der Waals surface area contributed by atoms with Crippen LogP contribution in [0.5, 0.6) is 0 Å². The van der Waals surface area contributed by atoms with Gasteiger partial charge in [0.1, 0.15) is 0 Å². The van der Waals surface area contributed by atoms with Crippen LogP contribution in [0, 0.1) is 0 Å². The maximum atomic E-state index is 10.7. The first kappa shape index (κ1) is 7.53. The van der Waals surface area contributed by atoms with Gasteiger partial charge < -0.3 is 5.32 Å². The van der Waals surface area contributed by atoms with Crippen LogP contribution in [-0.2, 0) is 14.6 Å². The minimum absolute atomic E-state index is 0.0717. The predicted octanol–water partition coefficient (Wildman–Crippen LogP) is -1.17. The molecule has 1 atom stereocenters. The third-order valence-corrected chi connectivity index (χ3v) is 3.26. The Kier molecular flexibility index (Phi) is 1.94. The van der Waals surface area contributed by atoms with Crippen LogP contribution in [0.3, 0.4) is 0 Å². The number of hydrogen-bond acceptors (Lipinski definition) is 3. The maximum absolute atomic E-state index is 10.7. The van der Waals surface area contributed by atoms with Gasteiger partial charge in [-0.2, -0.15) is 0 Å². The molecule has 1 amide bonds. The summed E-state index contributed by atoms with van der Waals surface area (Å²) in [5.41, 5.74) is 0. The standard InChI is InChI=1S/C5H8NO3S/c7-4-6-5-1-2-10(8,9)3-5/h5H,1-3H2,(H,6,7). The lowest BCUT2D eigenvalue weighted by Crippen LogP contribution is -2.28. The lowest BCUT2D eigenvalue weighted by atomic mass is 10.3. The van der Waals surface area contributed by atoms with Crippen LogP contribution in [0.1, 0.15) is 6.42 Å². The summed E-state index contributed by atoms with van der Waals surface area (Å²) < 4.78 is 21.5. The van der Waals surface area contributed by atoms with Crippen molar-refractivity contribution in [1.82, 2.24) is 5.32 Å². The molecule has 0 bridgehead atoms. The lowest BCUT2D eigenvalue weighted by molar-refractivity contribution is 0.526.